The summed E-state index contributed by atoms with van der Waals surface area (Å²) in [7, 11) is 0. The molecule has 0 aliphatic heterocycles. The van der Waals surface area contributed by atoms with Gasteiger partial charge in [0.15, 0.2) is 0 Å². The molecule has 0 heterocycles. The van der Waals surface area contributed by atoms with Crippen molar-refractivity contribution in [3.05, 3.63) is 0 Å². The van der Waals surface area contributed by atoms with E-state index < -0.39 is 0 Å². The van der Waals surface area contributed by atoms with Gasteiger partial charge in [0, 0.05) is 18.6 Å². The average molecular weight is 222 g/mol. The van der Waals surface area contributed by atoms with Gasteiger partial charge in [-0.25, -0.2) is 0 Å². The average Bonchev–Trinajstić information content (AvgIpc) is 2.23. The van der Waals surface area contributed by atoms with Crippen LogP contribution in [-0.4, -0.2) is 29.9 Å². The largest absolute Gasteiger partial charge is 0.338 e. The number of rotatable bonds is 4. The highest BCUT2D eigenvalue weighted by molar-refractivity contribution is 5.49. The summed E-state index contributed by atoms with van der Waals surface area (Å²) in [5.74, 6) is 2.68. The van der Waals surface area contributed by atoms with Crippen LogP contribution in [0.15, 0.2) is 0 Å². The highest BCUT2D eigenvalue weighted by Gasteiger charge is 2.53. The van der Waals surface area contributed by atoms with Gasteiger partial charge >= 0.3 is 0 Å². The molecule has 0 aromatic heterocycles. The summed E-state index contributed by atoms with van der Waals surface area (Å²) in [6.07, 6.45) is 9.07. The lowest BCUT2D eigenvalue weighted by Gasteiger charge is -2.59. The topological polar surface area (TPSA) is 46.3 Å². The van der Waals surface area contributed by atoms with Gasteiger partial charge in [0.05, 0.1) is 0 Å². The van der Waals surface area contributed by atoms with Gasteiger partial charge in [-0.3, -0.25) is 4.79 Å². The van der Waals surface area contributed by atoms with Crippen molar-refractivity contribution in [3.8, 4) is 0 Å². The SMILES string of the molecule is NCCN(C=O)C12CC3CC(CC(C3)C1)C2. The maximum absolute atomic E-state index is 11.3. The summed E-state index contributed by atoms with van der Waals surface area (Å²) >= 11 is 0. The van der Waals surface area contributed by atoms with Crippen LogP contribution in [-0.2, 0) is 4.79 Å². The molecule has 0 aromatic rings. The molecule has 0 radical (unpaired) electrons. The molecule has 1 amide bonds. The van der Waals surface area contributed by atoms with E-state index in [4.69, 9.17) is 5.73 Å². The Balaban J connectivity index is 1.84. The van der Waals surface area contributed by atoms with Gasteiger partial charge in [-0.2, -0.15) is 0 Å². The first-order chi connectivity index (χ1) is 7.75. The van der Waals surface area contributed by atoms with Crippen LogP contribution in [0, 0.1) is 17.8 Å². The standard InChI is InChI=1S/C13H22N2O/c14-1-2-15(9-16)13-6-10-3-11(7-13)5-12(4-10)8-13/h9-12H,1-8,14H2. The van der Waals surface area contributed by atoms with Gasteiger partial charge in [-0.1, -0.05) is 0 Å². The fraction of sp³-hybridized carbons (Fsp3) is 0.923. The smallest absolute Gasteiger partial charge is 0.210 e. The second-order valence-corrected chi connectivity index (χ2v) is 6.23. The summed E-state index contributed by atoms with van der Waals surface area (Å²) in [6, 6.07) is 0. The Hall–Kier alpha value is -0.570. The van der Waals surface area contributed by atoms with Gasteiger partial charge in [-0.15, -0.1) is 0 Å². The number of nitrogens with zero attached hydrogens (tertiary/aromatic N) is 1. The molecule has 4 rings (SSSR count). The maximum Gasteiger partial charge on any atom is 0.210 e. The molecular formula is C13H22N2O. The number of amides is 1. The van der Waals surface area contributed by atoms with Crippen LogP contribution < -0.4 is 5.73 Å². The van der Waals surface area contributed by atoms with Crippen molar-refractivity contribution in [1.82, 2.24) is 4.90 Å². The van der Waals surface area contributed by atoms with Crippen LogP contribution in [0.25, 0.3) is 0 Å². The molecule has 4 bridgehead atoms. The van der Waals surface area contributed by atoms with Crippen molar-refractivity contribution in [1.29, 1.82) is 0 Å². The van der Waals surface area contributed by atoms with Crippen LogP contribution >= 0.6 is 0 Å². The number of hydrogen-bond acceptors (Lipinski definition) is 2. The molecule has 4 saturated carbocycles. The minimum Gasteiger partial charge on any atom is -0.338 e. The Bertz CT molecular complexity index is 254. The van der Waals surface area contributed by atoms with E-state index in [2.05, 4.69) is 0 Å². The number of nitrogens with two attached hydrogens (primary N) is 1. The molecule has 0 aromatic carbocycles. The molecule has 0 atom stereocenters. The summed E-state index contributed by atoms with van der Waals surface area (Å²) < 4.78 is 0. The highest BCUT2D eigenvalue weighted by Crippen LogP contribution is 2.57. The second kappa shape index (κ2) is 3.73. The van der Waals surface area contributed by atoms with Crippen molar-refractivity contribution in [3.63, 3.8) is 0 Å². The van der Waals surface area contributed by atoms with Gasteiger partial charge in [-0.05, 0) is 56.3 Å². The zero-order chi connectivity index (χ0) is 11.2. The van der Waals surface area contributed by atoms with E-state index in [9.17, 15) is 4.79 Å². The summed E-state index contributed by atoms with van der Waals surface area (Å²) in [4.78, 5) is 13.3. The monoisotopic (exact) mass is 222 g/mol. The van der Waals surface area contributed by atoms with Crippen LogP contribution in [0.2, 0.25) is 0 Å². The van der Waals surface area contributed by atoms with Crippen molar-refractivity contribution in [2.45, 2.75) is 44.1 Å². The zero-order valence-corrected chi connectivity index (χ0v) is 9.90. The van der Waals surface area contributed by atoms with Gasteiger partial charge in [0.25, 0.3) is 0 Å². The first-order valence-electron chi connectivity index (χ1n) is 6.68. The maximum atomic E-state index is 11.3. The summed E-state index contributed by atoms with van der Waals surface area (Å²) in [5.41, 5.74) is 5.83. The summed E-state index contributed by atoms with van der Waals surface area (Å²) in [6.45, 7) is 1.34. The molecule has 3 nitrogen and oxygen atoms in total. The van der Waals surface area contributed by atoms with E-state index in [1.54, 1.807) is 0 Å². The zero-order valence-electron chi connectivity index (χ0n) is 9.90. The molecule has 0 saturated heterocycles. The number of carbonyl (C=O) groups excluding carboxylic acids is 1. The van der Waals surface area contributed by atoms with Crippen LogP contribution in [0.1, 0.15) is 38.5 Å². The quantitative estimate of drug-likeness (QED) is 0.730. The molecule has 4 aliphatic rings. The predicted molar refractivity (Wildman–Crippen MR) is 62.7 cm³/mol. The molecule has 0 spiro atoms. The van der Waals surface area contributed by atoms with Crippen molar-refractivity contribution < 1.29 is 4.79 Å². The minimum absolute atomic E-state index is 0.204. The van der Waals surface area contributed by atoms with Crippen molar-refractivity contribution in [2.24, 2.45) is 23.5 Å². The third-order valence-electron chi connectivity index (χ3n) is 5.11. The van der Waals surface area contributed by atoms with E-state index in [1.165, 1.54) is 38.5 Å². The Morgan fingerprint density at radius 1 is 1.12 bits per heavy atom. The van der Waals surface area contributed by atoms with E-state index in [-0.39, 0.29) is 5.54 Å². The third-order valence-corrected chi connectivity index (χ3v) is 5.11. The molecule has 16 heavy (non-hydrogen) atoms. The number of hydrogen-bond donors (Lipinski definition) is 1. The van der Waals surface area contributed by atoms with Crippen LogP contribution in [0.3, 0.4) is 0 Å². The van der Waals surface area contributed by atoms with Gasteiger partial charge < -0.3 is 10.6 Å². The van der Waals surface area contributed by atoms with Gasteiger partial charge in [0.2, 0.25) is 6.41 Å². The normalized spacial score (nSPS) is 44.7. The molecular weight excluding hydrogens is 200 g/mol. The summed E-state index contributed by atoms with van der Waals surface area (Å²) in [5, 5.41) is 0. The molecule has 90 valence electrons. The minimum atomic E-state index is 0.204. The second-order valence-electron chi connectivity index (χ2n) is 6.23. The molecule has 4 aliphatic carbocycles. The van der Waals surface area contributed by atoms with E-state index >= 15 is 0 Å². The fourth-order valence-corrected chi connectivity index (χ4v) is 4.96. The lowest BCUT2D eigenvalue weighted by Crippen LogP contribution is -2.60. The van der Waals surface area contributed by atoms with Crippen molar-refractivity contribution >= 4 is 6.41 Å². The van der Waals surface area contributed by atoms with Crippen LogP contribution in [0.4, 0.5) is 0 Å². The van der Waals surface area contributed by atoms with E-state index in [0.717, 1.165) is 30.7 Å². The Morgan fingerprint density at radius 3 is 2.00 bits per heavy atom. The van der Waals surface area contributed by atoms with Crippen LogP contribution in [0.5, 0.6) is 0 Å². The first-order valence-corrected chi connectivity index (χ1v) is 6.68. The third kappa shape index (κ3) is 1.48. The van der Waals surface area contributed by atoms with E-state index in [0.29, 0.717) is 6.54 Å². The lowest BCUT2D eigenvalue weighted by molar-refractivity contribution is -0.137. The Labute approximate surface area is 97.4 Å². The lowest BCUT2D eigenvalue weighted by atomic mass is 9.52. The highest BCUT2D eigenvalue weighted by atomic mass is 16.1. The van der Waals surface area contributed by atoms with Crippen molar-refractivity contribution in [2.75, 3.05) is 13.1 Å². The Kier molecular flexibility index (Phi) is 2.46. The van der Waals surface area contributed by atoms with E-state index in [1.807, 2.05) is 4.90 Å². The van der Waals surface area contributed by atoms with Gasteiger partial charge in [0.1, 0.15) is 0 Å². The molecule has 2 N–H and O–H groups in total. The number of carbonyl (C=O) groups is 1. The Morgan fingerprint density at radius 2 is 1.62 bits per heavy atom. The fourth-order valence-electron chi connectivity index (χ4n) is 4.96. The predicted octanol–water partition coefficient (Wildman–Crippen LogP) is 1.37. The molecule has 3 heteroatoms. The molecule has 0 unspecified atom stereocenters. The molecule has 4 fully saturated rings. The first kappa shape index (κ1) is 10.6.